The number of nitrogens with two attached hydrogens (primary N) is 1. The molecule has 0 aliphatic carbocycles. The number of ether oxygens (including phenoxy) is 1. The third-order valence-corrected chi connectivity index (χ3v) is 3.36. The molecule has 6 heteroatoms. The Labute approximate surface area is 120 Å². The number of nitrogens with one attached hydrogen (secondary N) is 1. The first-order valence-corrected chi connectivity index (χ1v) is 6.77. The molecular weight excluding hydrogens is 315 g/mol. The van der Waals surface area contributed by atoms with Gasteiger partial charge >= 0.3 is 0 Å². The normalized spacial score (nSPS) is 12.3. The lowest BCUT2D eigenvalue weighted by Gasteiger charge is -2.18. The molecule has 0 radical (unpaired) electrons. The van der Waals surface area contributed by atoms with Gasteiger partial charge in [-0.15, -0.1) is 0 Å². The van der Waals surface area contributed by atoms with Crippen LogP contribution in [0.25, 0.3) is 0 Å². The van der Waals surface area contributed by atoms with Crippen LogP contribution < -0.4 is 15.8 Å². The highest BCUT2D eigenvalue weighted by Crippen LogP contribution is 2.32. The van der Waals surface area contributed by atoms with Crippen LogP contribution in [0, 0.1) is 11.7 Å². The topological polar surface area (TPSA) is 64.3 Å². The molecular formula is C13H18BrFN2O2. The Balaban J connectivity index is 2.60. The molecule has 4 nitrogen and oxygen atoms in total. The number of rotatable bonds is 5. The molecule has 0 aliphatic rings. The summed E-state index contributed by atoms with van der Waals surface area (Å²) in [5.74, 6) is -0.0910. The standard InChI is InChI=1S/C13H18BrFN2O2/c1-7(2)8(3)17-12(18)6-19-13-10(14)4-9(15)5-11(13)16/h4-5,7-8H,6,16H2,1-3H3,(H,17,18). The quantitative estimate of drug-likeness (QED) is 0.815. The first-order valence-electron chi connectivity index (χ1n) is 5.98. The summed E-state index contributed by atoms with van der Waals surface area (Å²) in [7, 11) is 0. The Hall–Kier alpha value is -1.30. The molecule has 106 valence electrons. The first-order chi connectivity index (χ1) is 8.81. The zero-order valence-corrected chi connectivity index (χ0v) is 12.8. The summed E-state index contributed by atoms with van der Waals surface area (Å²) < 4.78 is 18.7. The van der Waals surface area contributed by atoms with Gasteiger partial charge in [0.2, 0.25) is 0 Å². The number of nitrogen functional groups attached to an aromatic ring is 1. The summed E-state index contributed by atoms with van der Waals surface area (Å²) in [5, 5.41) is 2.81. The lowest BCUT2D eigenvalue weighted by molar-refractivity contribution is -0.123. The molecule has 1 aromatic rings. The minimum absolute atomic E-state index is 0.0603. The van der Waals surface area contributed by atoms with E-state index in [1.807, 2.05) is 20.8 Å². The van der Waals surface area contributed by atoms with Crippen molar-refractivity contribution in [1.29, 1.82) is 0 Å². The minimum atomic E-state index is -0.463. The van der Waals surface area contributed by atoms with E-state index in [2.05, 4.69) is 21.2 Å². The number of benzene rings is 1. The van der Waals surface area contributed by atoms with Gasteiger partial charge in [-0.05, 0) is 34.8 Å². The van der Waals surface area contributed by atoms with Crippen molar-refractivity contribution in [2.45, 2.75) is 26.8 Å². The Morgan fingerprint density at radius 3 is 2.63 bits per heavy atom. The van der Waals surface area contributed by atoms with Crippen LogP contribution >= 0.6 is 15.9 Å². The molecule has 0 spiro atoms. The Morgan fingerprint density at radius 1 is 1.47 bits per heavy atom. The van der Waals surface area contributed by atoms with Crippen molar-refractivity contribution < 1.29 is 13.9 Å². The fraction of sp³-hybridized carbons (Fsp3) is 0.462. The van der Waals surface area contributed by atoms with Crippen LogP contribution in [0.4, 0.5) is 10.1 Å². The van der Waals surface area contributed by atoms with Crippen molar-refractivity contribution in [2.75, 3.05) is 12.3 Å². The summed E-state index contributed by atoms with van der Waals surface area (Å²) in [5.41, 5.74) is 5.78. The number of hydrogen-bond acceptors (Lipinski definition) is 3. The van der Waals surface area contributed by atoms with E-state index in [1.54, 1.807) is 0 Å². The van der Waals surface area contributed by atoms with Gasteiger partial charge in [-0.1, -0.05) is 13.8 Å². The summed E-state index contributed by atoms with van der Waals surface area (Å²) >= 11 is 3.15. The van der Waals surface area contributed by atoms with E-state index in [1.165, 1.54) is 6.07 Å². The third kappa shape index (κ3) is 4.70. The molecule has 0 aromatic heterocycles. The second-order valence-electron chi connectivity index (χ2n) is 4.69. The maximum atomic E-state index is 13.0. The molecule has 0 aliphatic heterocycles. The molecule has 0 fully saturated rings. The molecule has 0 saturated heterocycles. The number of hydrogen-bond donors (Lipinski definition) is 2. The fourth-order valence-electron chi connectivity index (χ4n) is 1.33. The summed E-state index contributed by atoms with van der Waals surface area (Å²) in [4.78, 5) is 11.7. The van der Waals surface area contributed by atoms with E-state index >= 15 is 0 Å². The molecule has 1 amide bonds. The van der Waals surface area contributed by atoms with Crippen LogP contribution in [0.15, 0.2) is 16.6 Å². The van der Waals surface area contributed by atoms with Crippen molar-refractivity contribution in [2.24, 2.45) is 5.92 Å². The van der Waals surface area contributed by atoms with Gasteiger partial charge in [-0.25, -0.2) is 4.39 Å². The maximum Gasteiger partial charge on any atom is 0.258 e. The average molecular weight is 333 g/mol. The predicted octanol–water partition coefficient (Wildman–Crippen LogP) is 2.71. The molecule has 3 N–H and O–H groups in total. The third-order valence-electron chi connectivity index (χ3n) is 2.77. The lowest BCUT2D eigenvalue weighted by Crippen LogP contribution is -2.39. The molecule has 1 atom stereocenters. The van der Waals surface area contributed by atoms with E-state index in [-0.39, 0.29) is 30.0 Å². The van der Waals surface area contributed by atoms with Gasteiger partial charge in [-0.2, -0.15) is 0 Å². The molecule has 1 unspecified atom stereocenters. The van der Waals surface area contributed by atoms with Crippen molar-refractivity contribution in [3.63, 3.8) is 0 Å². The van der Waals surface area contributed by atoms with Gasteiger partial charge < -0.3 is 15.8 Å². The van der Waals surface area contributed by atoms with Gasteiger partial charge in [0.25, 0.3) is 5.91 Å². The van der Waals surface area contributed by atoms with E-state index < -0.39 is 5.82 Å². The SMILES string of the molecule is CC(C)C(C)NC(=O)COc1c(N)cc(F)cc1Br. The van der Waals surface area contributed by atoms with Gasteiger partial charge in [0.15, 0.2) is 12.4 Å². The molecule has 0 saturated carbocycles. The smallest absolute Gasteiger partial charge is 0.258 e. The molecule has 0 bridgehead atoms. The van der Waals surface area contributed by atoms with E-state index in [9.17, 15) is 9.18 Å². The van der Waals surface area contributed by atoms with Crippen LogP contribution in [0.2, 0.25) is 0 Å². The number of carbonyl (C=O) groups is 1. The second-order valence-corrected chi connectivity index (χ2v) is 5.55. The van der Waals surface area contributed by atoms with Crippen LogP contribution in [-0.4, -0.2) is 18.6 Å². The Morgan fingerprint density at radius 2 is 2.11 bits per heavy atom. The van der Waals surface area contributed by atoms with Crippen LogP contribution in [0.5, 0.6) is 5.75 Å². The maximum absolute atomic E-state index is 13.0. The monoisotopic (exact) mass is 332 g/mol. The molecule has 0 heterocycles. The highest BCUT2D eigenvalue weighted by Gasteiger charge is 2.13. The van der Waals surface area contributed by atoms with E-state index in [0.29, 0.717) is 10.4 Å². The largest absolute Gasteiger partial charge is 0.480 e. The summed E-state index contributed by atoms with van der Waals surface area (Å²) in [6.45, 7) is 5.79. The van der Waals surface area contributed by atoms with E-state index in [4.69, 9.17) is 10.5 Å². The van der Waals surface area contributed by atoms with Crippen molar-refractivity contribution in [3.05, 3.63) is 22.4 Å². The Kier molecular flexibility index (Phi) is 5.60. The lowest BCUT2D eigenvalue weighted by atomic mass is 10.1. The minimum Gasteiger partial charge on any atom is -0.480 e. The zero-order chi connectivity index (χ0) is 14.6. The van der Waals surface area contributed by atoms with Crippen LogP contribution in [0.3, 0.4) is 0 Å². The second kappa shape index (κ2) is 6.75. The van der Waals surface area contributed by atoms with Gasteiger partial charge in [0.05, 0.1) is 10.2 Å². The highest BCUT2D eigenvalue weighted by atomic mass is 79.9. The predicted molar refractivity (Wildman–Crippen MR) is 76.5 cm³/mol. The number of amides is 1. The zero-order valence-electron chi connectivity index (χ0n) is 11.2. The molecule has 1 aromatic carbocycles. The van der Waals surface area contributed by atoms with Gasteiger partial charge in [0, 0.05) is 12.1 Å². The molecule has 1 rings (SSSR count). The van der Waals surface area contributed by atoms with Crippen molar-refractivity contribution >= 4 is 27.5 Å². The van der Waals surface area contributed by atoms with Crippen molar-refractivity contribution in [1.82, 2.24) is 5.32 Å². The highest BCUT2D eigenvalue weighted by molar-refractivity contribution is 9.10. The van der Waals surface area contributed by atoms with Crippen molar-refractivity contribution in [3.8, 4) is 5.75 Å². The van der Waals surface area contributed by atoms with Crippen LogP contribution in [0.1, 0.15) is 20.8 Å². The fourth-order valence-corrected chi connectivity index (χ4v) is 1.89. The number of halogens is 2. The van der Waals surface area contributed by atoms with E-state index in [0.717, 1.165) is 6.07 Å². The summed E-state index contributed by atoms with van der Waals surface area (Å²) in [6, 6.07) is 2.44. The first kappa shape index (κ1) is 15.8. The number of anilines is 1. The summed E-state index contributed by atoms with van der Waals surface area (Å²) in [6.07, 6.45) is 0. The van der Waals surface area contributed by atoms with Gasteiger partial charge in [0.1, 0.15) is 5.82 Å². The molecule has 19 heavy (non-hydrogen) atoms. The number of carbonyl (C=O) groups excluding carboxylic acids is 1. The van der Waals surface area contributed by atoms with Crippen LogP contribution in [-0.2, 0) is 4.79 Å². The average Bonchev–Trinajstić information content (AvgIpc) is 2.27. The van der Waals surface area contributed by atoms with Gasteiger partial charge in [-0.3, -0.25) is 4.79 Å². The Bertz CT molecular complexity index is 443.